The summed E-state index contributed by atoms with van der Waals surface area (Å²) in [6.07, 6.45) is 1.59. The molecule has 0 bridgehead atoms. The standard InChI is InChI=1S/C9H12N4O2/c10-7(14)4-1-2-6-5(3-4)8(15)13-9(11)12-6/h4H,1-3H2,(H2,10,14)(H3,11,12,13,15)/t4-/m1/s1. The van der Waals surface area contributed by atoms with E-state index in [1.165, 1.54) is 0 Å². The lowest BCUT2D eigenvalue weighted by molar-refractivity contribution is -0.122. The number of nitrogens with two attached hydrogens (primary N) is 2. The second kappa shape index (κ2) is 3.38. The zero-order valence-electron chi connectivity index (χ0n) is 8.12. The molecule has 0 saturated carbocycles. The van der Waals surface area contributed by atoms with Crippen molar-refractivity contribution < 1.29 is 4.79 Å². The molecule has 1 aliphatic rings. The van der Waals surface area contributed by atoms with Gasteiger partial charge in [0.2, 0.25) is 11.9 Å². The lowest BCUT2D eigenvalue weighted by Gasteiger charge is -2.20. The van der Waals surface area contributed by atoms with Gasteiger partial charge >= 0.3 is 0 Å². The molecule has 1 heterocycles. The number of carbonyl (C=O) groups excluding carboxylic acids is 1. The lowest BCUT2D eigenvalue weighted by atomic mass is 9.87. The molecule has 6 nitrogen and oxygen atoms in total. The number of aromatic nitrogens is 2. The van der Waals surface area contributed by atoms with E-state index in [1.54, 1.807) is 0 Å². The number of aromatic amines is 1. The molecule has 1 aliphatic carbocycles. The van der Waals surface area contributed by atoms with Crippen LogP contribution in [-0.4, -0.2) is 15.9 Å². The fourth-order valence-electron chi connectivity index (χ4n) is 1.88. The van der Waals surface area contributed by atoms with E-state index in [2.05, 4.69) is 9.97 Å². The third-order valence-corrected chi connectivity index (χ3v) is 2.70. The van der Waals surface area contributed by atoms with Crippen LogP contribution in [0.4, 0.5) is 5.95 Å². The van der Waals surface area contributed by atoms with Gasteiger partial charge in [-0.25, -0.2) is 4.98 Å². The summed E-state index contributed by atoms with van der Waals surface area (Å²) in [6, 6.07) is 0. The zero-order chi connectivity index (χ0) is 11.0. The Bertz CT molecular complexity index is 466. The number of nitrogens with zero attached hydrogens (tertiary/aromatic N) is 1. The molecule has 5 N–H and O–H groups in total. The average Bonchev–Trinajstić information content (AvgIpc) is 2.16. The summed E-state index contributed by atoms with van der Waals surface area (Å²) < 4.78 is 0. The Labute approximate surface area is 85.7 Å². The van der Waals surface area contributed by atoms with Gasteiger partial charge in [0.1, 0.15) is 0 Å². The van der Waals surface area contributed by atoms with E-state index in [0.29, 0.717) is 30.5 Å². The maximum Gasteiger partial charge on any atom is 0.255 e. The van der Waals surface area contributed by atoms with E-state index in [9.17, 15) is 9.59 Å². The SMILES string of the molecule is NC(=O)[C@@H]1CCc2nc(N)[nH]c(=O)c2C1. The number of fused-ring (bicyclic) bond motifs is 1. The minimum absolute atomic E-state index is 0.122. The Balaban J connectivity index is 2.42. The first-order chi connectivity index (χ1) is 7.08. The van der Waals surface area contributed by atoms with Crippen LogP contribution in [0.25, 0.3) is 0 Å². The Morgan fingerprint density at radius 3 is 2.93 bits per heavy atom. The molecule has 1 aromatic rings. The number of rotatable bonds is 1. The number of anilines is 1. The van der Waals surface area contributed by atoms with Crippen molar-refractivity contribution in [3.63, 3.8) is 0 Å². The highest BCUT2D eigenvalue weighted by molar-refractivity contribution is 5.77. The second-order valence-corrected chi connectivity index (χ2v) is 3.72. The van der Waals surface area contributed by atoms with Gasteiger partial charge in [-0.05, 0) is 19.3 Å². The van der Waals surface area contributed by atoms with Gasteiger partial charge in [-0.3, -0.25) is 14.6 Å². The van der Waals surface area contributed by atoms with Crippen LogP contribution in [-0.2, 0) is 17.6 Å². The average molecular weight is 208 g/mol. The first-order valence-electron chi connectivity index (χ1n) is 4.75. The van der Waals surface area contributed by atoms with Crippen molar-refractivity contribution in [1.82, 2.24) is 9.97 Å². The molecular weight excluding hydrogens is 196 g/mol. The predicted molar refractivity (Wildman–Crippen MR) is 54.0 cm³/mol. The van der Waals surface area contributed by atoms with Crippen molar-refractivity contribution in [2.75, 3.05) is 5.73 Å². The normalized spacial score (nSPS) is 19.6. The summed E-state index contributed by atoms with van der Waals surface area (Å²) >= 11 is 0. The van der Waals surface area contributed by atoms with Crippen LogP contribution in [0.15, 0.2) is 4.79 Å². The van der Waals surface area contributed by atoms with Crippen LogP contribution >= 0.6 is 0 Å². The number of aryl methyl sites for hydroxylation is 1. The van der Waals surface area contributed by atoms with Gasteiger partial charge in [-0.1, -0.05) is 0 Å². The van der Waals surface area contributed by atoms with Gasteiger partial charge in [-0.2, -0.15) is 0 Å². The van der Waals surface area contributed by atoms with Crippen LogP contribution in [0.3, 0.4) is 0 Å². The number of hydrogen-bond acceptors (Lipinski definition) is 4. The Hall–Kier alpha value is -1.85. The molecule has 0 spiro atoms. The summed E-state index contributed by atoms with van der Waals surface area (Å²) in [6.45, 7) is 0. The smallest absolute Gasteiger partial charge is 0.255 e. The van der Waals surface area contributed by atoms with Crippen LogP contribution in [0.5, 0.6) is 0 Å². The first-order valence-corrected chi connectivity index (χ1v) is 4.75. The molecule has 1 amide bonds. The summed E-state index contributed by atoms with van der Waals surface area (Å²) in [7, 11) is 0. The number of H-pyrrole nitrogens is 1. The van der Waals surface area contributed by atoms with E-state index in [-0.39, 0.29) is 23.3 Å². The molecule has 1 atom stereocenters. The van der Waals surface area contributed by atoms with E-state index < -0.39 is 0 Å². The molecule has 1 aromatic heterocycles. The number of amides is 1. The van der Waals surface area contributed by atoms with E-state index in [4.69, 9.17) is 11.5 Å². The fraction of sp³-hybridized carbons (Fsp3) is 0.444. The van der Waals surface area contributed by atoms with Gasteiger partial charge in [-0.15, -0.1) is 0 Å². The van der Waals surface area contributed by atoms with Crippen molar-refractivity contribution in [1.29, 1.82) is 0 Å². The Morgan fingerprint density at radius 1 is 1.53 bits per heavy atom. The van der Waals surface area contributed by atoms with Crippen molar-refractivity contribution in [2.45, 2.75) is 19.3 Å². The Kier molecular flexibility index (Phi) is 2.18. The van der Waals surface area contributed by atoms with E-state index >= 15 is 0 Å². The number of nitrogen functional groups attached to an aromatic ring is 1. The minimum Gasteiger partial charge on any atom is -0.369 e. The fourth-order valence-corrected chi connectivity index (χ4v) is 1.88. The molecule has 0 radical (unpaired) electrons. The minimum atomic E-state index is -0.364. The number of nitrogens with one attached hydrogen (secondary N) is 1. The monoisotopic (exact) mass is 208 g/mol. The number of carbonyl (C=O) groups is 1. The molecule has 80 valence electrons. The molecule has 0 aliphatic heterocycles. The molecule has 2 rings (SSSR count). The second-order valence-electron chi connectivity index (χ2n) is 3.72. The number of hydrogen-bond donors (Lipinski definition) is 3. The predicted octanol–water partition coefficient (Wildman–Crippen LogP) is -1.06. The highest BCUT2D eigenvalue weighted by atomic mass is 16.1. The molecule has 6 heteroatoms. The van der Waals surface area contributed by atoms with Gasteiger partial charge in [0.25, 0.3) is 5.56 Å². The highest BCUT2D eigenvalue weighted by Crippen LogP contribution is 2.21. The summed E-state index contributed by atoms with van der Waals surface area (Å²) in [5.41, 5.74) is 11.6. The van der Waals surface area contributed by atoms with Crippen LogP contribution in [0.1, 0.15) is 17.7 Å². The molecule has 0 aromatic carbocycles. The van der Waals surface area contributed by atoms with Crippen molar-refractivity contribution in [3.05, 3.63) is 21.6 Å². The third kappa shape index (κ3) is 1.70. The van der Waals surface area contributed by atoms with E-state index in [1.807, 2.05) is 0 Å². The summed E-state index contributed by atoms with van der Waals surface area (Å²) in [5.74, 6) is -0.503. The largest absolute Gasteiger partial charge is 0.369 e. The van der Waals surface area contributed by atoms with E-state index in [0.717, 1.165) is 0 Å². The zero-order valence-corrected chi connectivity index (χ0v) is 8.12. The van der Waals surface area contributed by atoms with Crippen LogP contribution in [0.2, 0.25) is 0 Å². The highest BCUT2D eigenvalue weighted by Gasteiger charge is 2.25. The third-order valence-electron chi connectivity index (χ3n) is 2.70. The maximum atomic E-state index is 11.5. The molecule has 0 saturated heterocycles. The first kappa shape index (κ1) is 9.70. The van der Waals surface area contributed by atoms with Gasteiger partial charge in [0.05, 0.1) is 5.69 Å². The van der Waals surface area contributed by atoms with Crippen molar-refractivity contribution in [3.8, 4) is 0 Å². The molecule has 0 unspecified atom stereocenters. The lowest BCUT2D eigenvalue weighted by Crippen LogP contribution is -2.33. The maximum absolute atomic E-state index is 11.5. The van der Waals surface area contributed by atoms with Gasteiger partial charge < -0.3 is 11.5 Å². The molecular formula is C9H12N4O2. The molecule has 15 heavy (non-hydrogen) atoms. The summed E-state index contributed by atoms with van der Waals surface area (Å²) in [5, 5.41) is 0. The van der Waals surface area contributed by atoms with Crippen molar-refractivity contribution in [2.24, 2.45) is 11.7 Å². The van der Waals surface area contributed by atoms with Crippen molar-refractivity contribution >= 4 is 11.9 Å². The van der Waals surface area contributed by atoms with Crippen LogP contribution < -0.4 is 17.0 Å². The summed E-state index contributed by atoms with van der Waals surface area (Å²) in [4.78, 5) is 29.0. The quantitative estimate of drug-likeness (QED) is 0.545. The molecule has 0 fully saturated rings. The van der Waals surface area contributed by atoms with Gasteiger partial charge in [0, 0.05) is 11.5 Å². The number of primary amides is 1. The Morgan fingerprint density at radius 2 is 2.27 bits per heavy atom. The van der Waals surface area contributed by atoms with Gasteiger partial charge in [0.15, 0.2) is 0 Å². The van der Waals surface area contributed by atoms with Crippen LogP contribution in [0, 0.1) is 5.92 Å². The topological polar surface area (TPSA) is 115 Å².